The molecule has 0 saturated heterocycles. The third-order valence-corrected chi connectivity index (χ3v) is 1.30. The molecule has 0 aliphatic carbocycles. The van der Waals surface area contributed by atoms with Gasteiger partial charge in [0, 0.05) is 6.42 Å². The lowest BCUT2D eigenvalue weighted by Crippen LogP contribution is -3.00. The third kappa shape index (κ3) is 16.0. The number of quaternary nitrogens is 1. The Kier molecular flexibility index (Phi) is 14.0. The lowest BCUT2D eigenvalue weighted by Gasteiger charge is -2.23. The zero-order valence-corrected chi connectivity index (χ0v) is 9.45. The molecule has 0 N–H and O–H groups in total. The van der Waals surface area contributed by atoms with Crippen molar-refractivity contribution in [3.8, 4) is 0 Å². The van der Waals surface area contributed by atoms with Crippen molar-refractivity contribution in [1.29, 1.82) is 0 Å². The normalized spacial score (nSPS) is 9.60. The van der Waals surface area contributed by atoms with Crippen LogP contribution in [0.15, 0.2) is 0 Å². The van der Waals surface area contributed by atoms with Crippen molar-refractivity contribution in [2.75, 3.05) is 33.4 Å². The molecule has 0 saturated carbocycles. The van der Waals surface area contributed by atoms with Crippen LogP contribution in [0.3, 0.4) is 0 Å². The first kappa shape index (κ1) is 17.2. The monoisotopic (exact) mass is 277 g/mol. The van der Waals surface area contributed by atoms with E-state index in [1.54, 1.807) is 0 Å². The number of hydrogen-bond donors (Lipinski definition) is 1. The second kappa shape index (κ2) is 8.14. The van der Waals surface area contributed by atoms with Crippen LogP contribution in [-0.4, -0.2) is 37.9 Å². The lowest BCUT2D eigenvalue weighted by atomic mass is 10.4. The molecule has 0 amide bonds. The van der Waals surface area contributed by atoms with Crippen molar-refractivity contribution in [3.05, 3.63) is 0 Å². The molecular weight excluding hydrogens is 257 g/mol. The summed E-state index contributed by atoms with van der Waals surface area (Å²) in [5.41, 5.74) is 0. The van der Waals surface area contributed by atoms with Crippen LogP contribution in [-0.2, 0) is 0 Å². The maximum atomic E-state index is 4.12. The molecule has 0 aromatic rings. The summed E-state index contributed by atoms with van der Waals surface area (Å²) in [7, 11) is 6.59. The van der Waals surface area contributed by atoms with E-state index in [1.165, 1.54) is 13.0 Å². The largest absolute Gasteiger partial charge is 1.00 e. The molecule has 0 radical (unpaired) electrons. The van der Waals surface area contributed by atoms with E-state index in [9.17, 15) is 0 Å². The Bertz CT molecular complexity index is 61.1. The Morgan fingerprint density at radius 3 is 1.70 bits per heavy atom. The first-order chi connectivity index (χ1) is 3.56. The van der Waals surface area contributed by atoms with Crippen molar-refractivity contribution in [2.24, 2.45) is 0 Å². The van der Waals surface area contributed by atoms with Gasteiger partial charge in [0.25, 0.3) is 0 Å². The molecule has 0 heterocycles. The van der Waals surface area contributed by atoms with Gasteiger partial charge in [-0.05, 0) is 5.75 Å². The predicted molar refractivity (Wildman–Crippen MR) is 48.1 cm³/mol. The van der Waals surface area contributed by atoms with Crippen molar-refractivity contribution >= 4 is 12.6 Å². The van der Waals surface area contributed by atoms with Gasteiger partial charge in [-0.2, -0.15) is 12.6 Å². The van der Waals surface area contributed by atoms with Crippen molar-refractivity contribution < 1.29 is 28.5 Å². The zero-order chi connectivity index (χ0) is 6.62. The molecule has 0 rings (SSSR count). The van der Waals surface area contributed by atoms with E-state index in [2.05, 4.69) is 33.8 Å². The van der Waals surface area contributed by atoms with E-state index in [0.29, 0.717) is 0 Å². The molecule has 0 aromatic heterocycles. The minimum Gasteiger partial charge on any atom is -1.00 e. The van der Waals surface area contributed by atoms with Crippen molar-refractivity contribution in [3.63, 3.8) is 0 Å². The van der Waals surface area contributed by atoms with Crippen LogP contribution in [0.1, 0.15) is 13.8 Å². The maximum absolute atomic E-state index is 4.12. The standard InChI is InChI=1S/C6H15NS.CH4.HI/c1-7(2,3)5-4-6-8;;/h4-6H2,1-3H3;1H4;1H. The zero-order valence-electron chi connectivity index (χ0n) is 6.39. The van der Waals surface area contributed by atoms with E-state index in [4.69, 9.17) is 0 Å². The highest BCUT2D eigenvalue weighted by Crippen LogP contribution is 1.93. The summed E-state index contributed by atoms with van der Waals surface area (Å²) in [6.07, 6.45) is 1.21. The van der Waals surface area contributed by atoms with E-state index < -0.39 is 0 Å². The molecule has 3 heteroatoms. The summed E-state index contributed by atoms with van der Waals surface area (Å²) in [6, 6.07) is 0. The highest BCUT2D eigenvalue weighted by Gasteiger charge is 2.03. The van der Waals surface area contributed by atoms with E-state index in [1.807, 2.05) is 0 Å². The van der Waals surface area contributed by atoms with Crippen molar-refractivity contribution in [2.45, 2.75) is 13.8 Å². The molecule has 0 atom stereocenters. The highest BCUT2D eigenvalue weighted by molar-refractivity contribution is 7.80. The van der Waals surface area contributed by atoms with Crippen LogP contribution in [0.4, 0.5) is 0 Å². The fraction of sp³-hybridized carbons (Fsp3) is 1.00. The van der Waals surface area contributed by atoms with E-state index >= 15 is 0 Å². The summed E-state index contributed by atoms with van der Waals surface area (Å²) >= 11 is 4.12. The fourth-order valence-electron chi connectivity index (χ4n) is 0.545. The maximum Gasteiger partial charge on any atom is 0.0788 e. The van der Waals surface area contributed by atoms with Crippen LogP contribution in [0, 0.1) is 0 Å². The van der Waals surface area contributed by atoms with E-state index in [0.717, 1.165) is 10.2 Å². The minimum absolute atomic E-state index is 0. The molecule has 10 heavy (non-hydrogen) atoms. The van der Waals surface area contributed by atoms with Crippen LogP contribution in [0.2, 0.25) is 0 Å². The van der Waals surface area contributed by atoms with Gasteiger partial charge in [-0.1, -0.05) is 7.43 Å². The minimum atomic E-state index is 0. The van der Waals surface area contributed by atoms with Gasteiger partial charge in [0.15, 0.2) is 0 Å². The molecule has 0 aliphatic rings. The van der Waals surface area contributed by atoms with Crippen LogP contribution in [0.25, 0.3) is 0 Å². The number of halogens is 1. The van der Waals surface area contributed by atoms with Gasteiger partial charge in [0.1, 0.15) is 0 Å². The molecule has 0 aliphatic heterocycles. The van der Waals surface area contributed by atoms with Gasteiger partial charge in [-0.3, -0.25) is 0 Å². The molecular formula is C7H20INS. The Morgan fingerprint density at radius 1 is 1.20 bits per heavy atom. The highest BCUT2D eigenvalue weighted by atomic mass is 127. The first-order valence-electron chi connectivity index (χ1n) is 2.97. The molecule has 0 fully saturated rings. The Labute approximate surface area is 88.2 Å². The number of thiol groups is 1. The summed E-state index contributed by atoms with van der Waals surface area (Å²) < 4.78 is 1.06. The topological polar surface area (TPSA) is 0 Å². The van der Waals surface area contributed by atoms with Crippen LogP contribution < -0.4 is 24.0 Å². The SMILES string of the molecule is C.C[N+](C)(C)CCCS.[I-]. The van der Waals surface area contributed by atoms with Crippen LogP contribution >= 0.6 is 12.6 Å². The molecule has 66 valence electrons. The summed E-state index contributed by atoms with van der Waals surface area (Å²) in [4.78, 5) is 0. The average Bonchev–Trinajstić information content (AvgIpc) is 1.59. The predicted octanol–water partition coefficient (Wildman–Crippen LogP) is -1.35. The summed E-state index contributed by atoms with van der Waals surface area (Å²) in [5.74, 6) is 1.01. The lowest BCUT2D eigenvalue weighted by molar-refractivity contribution is -0.870. The van der Waals surface area contributed by atoms with Gasteiger partial charge in [-0.15, -0.1) is 0 Å². The van der Waals surface area contributed by atoms with Gasteiger partial charge in [0.2, 0.25) is 0 Å². The number of nitrogens with zero attached hydrogens (tertiary/aromatic N) is 1. The van der Waals surface area contributed by atoms with Crippen LogP contribution in [0.5, 0.6) is 0 Å². The second-order valence-corrected chi connectivity index (χ2v) is 3.54. The summed E-state index contributed by atoms with van der Waals surface area (Å²) in [6.45, 7) is 1.23. The van der Waals surface area contributed by atoms with Gasteiger partial charge < -0.3 is 28.5 Å². The van der Waals surface area contributed by atoms with Crippen molar-refractivity contribution in [1.82, 2.24) is 0 Å². The quantitative estimate of drug-likeness (QED) is 0.368. The molecule has 0 unspecified atom stereocenters. The van der Waals surface area contributed by atoms with Gasteiger partial charge in [0.05, 0.1) is 27.7 Å². The fourth-order valence-corrected chi connectivity index (χ4v) is 0.686. The Balaban J connectivity index is -0.000000245. The molecule has 0 bridgehead atoms. The van der Waals surface area contributed by atoms with Gasteiger partial charge >= 0.3 is 0 Å². The van der Waals surface area contributed by atoms with E-state index in [-0.39, 0.29) is 31.4 Å². The molecule has 0 aromatic carbocycles. The smallest absolute Gasteiger partial charge is 0.0788 e. The third-order valence-electron chi connectivity index (χ3n) is 0.987. The number of rotatable bonds is 3. The molecule has 1 nitrogen and oxygen atoms in total. The Hall–Kier alpha value is 1.04. The second-order valence-electron chi connectivity index (χ2n) is 3.09. The first-order valence-corrected chi connectivity index (χ1v) is 3.61. The Morgan fingerprint density at radius 2 is 1.60 bits per heavy atom. The molecule has 0 spiro atoms. The average molecular weight is 277 g/mol. The number of hydrogen-bond acceptors (Lipinski definition) is 1. The summed E-state index contributed by atoms with van der Waals surface area (Å²) in [5, 5.41) is 0. The van der Waals surface area contributed by atoms with Gasteiger partial charge in [-0.25, -0.2) is 0 Å².